The number of fused-ring (bicyclic) bond motifs is 18. The van der Waals surface area contributed by atoms with Crippen LogP contribution in [0.5, 0.6) is 0 Å². The molecule has 6 heterocycles. The van der Waals surface area contributed by atoms with Crippen molar-refractivity contribution in [2.75, 3.05) is 0 Å². The van der Waals surface area contributed by atoms with E-state index in [1.807, 2.05) is 0 Å². The zero-order valence-electron chi connectivity index (χ0n) is 29.7. The summed E-state index contributed by atoms with van der Waals surface area (Å²) in [7, 11) is 0. The SMILES string of the molecule is c1ccc2c(c1)ccc1c2c2cc3c4ccccc4n4c5ccccc5c(c2n1-c1nc(-n2c5ccccc5c5ccccc52)c2c(n1)sc1ccccc12)c34. The van der Waals surface area contributed by atoms with Gasteiger partial charge in [-0.3, -0.25) is 9.13 Å². The molecule has 0 bridgehead atoms. The van der Waals surface area contributed by atoms with Gasteiger partial charge in [-0.2, -0.15) is 4.98 Å². The third-order valence-corrected chi connectivity index (χ3v) is 13.3. The summed E-state index contributed by atoms with van der Waals surface area (Å²) in [6.07, 6.45) is 0. The molecule has 5 nitrogen and oxygen atoms in total. The Morgan fingerprint density at radius 1 is 0.375 bits per heavy atom. The van der Waals surface area contributed by atoms with E-state index in [0.29, 0.717) is 5.95 Å². The standard InChI is InChI=1S/C50H27N5S/c1-2-14-29-28(13-1)25-26-41-43(29)36-27-35-32-17-5-8-20-37(32)53-40-23-11-6-18-33(40)44(46(35)53)47(36)55(41)50-51-48(45-34-19-7-12-24-42(34)56-49(45)52-50)54-38-21-9-3-15-30(38)31-16-4-10-22-39(31)54/h1-27H. The molecular weight excluding hydrogens is 703 g/mol. The number of benzene rings is 8. The van der Waals surface area contributed by atoms with Crippen LogP contribution in [0.2, 0.25) is 0 Å². The summed E-state index contributed by atoms with van der Waals surface area (Å²) in [6, 6.07) is 59.5. The number of para-hydroxylation sites is 4. The van der Waals surface area contributed by atoms with Crippen molar-refractivity contribution in [3.05, 3.63) is 164 Å². The Hall–Kier alpha value is -7.28. The maximum atomic E-state index is 5.77. The van der Waals surface area contributed by atoms with Gasteiger partial charge in [-0.05, 0) is 53.2 Å². The highest BCUT2D eigenvalue weighted by Crippen LogP contribution is 2.48. The molecule has 0 saturated carbocycles. The predicted octanol–water partition coefficient (Wildman–Crippen LogP) is 13.3. The zero-order chi connectivity index (χ0) is 36.2. The highest BCUT2D eigenvalue weighted by atomic mass is 32.1. The first-order valence-corrected chi connectivity index (χ1v) is 19.8. The fourth-order valence-electron chi connectivity index (χ4n) is 9.99. The third-order valence-electron chi connectivity index (χ3n) is 12.2. The molecule has 0 amide bonds. The normalized spacial score (nSPS) is 12.6. The molecule has 0 N–H and O–H groups in total. The monoisotopic (exact) mass is 729 g/mol. The van der Waals surface area contributed by atoms with Gasteiger partial charge in [0.05, 0.1) is 44.0 Å². The van der Waals surface area contributed by atoms with Gasteiger partial charge < -0.3 is 4.40 Å². The number of hydrogen-bond acceptors (Lipinski definition) is 3. The van der Waals surface area contributed by atoms with Gasteiger partial charge in [-0.25, -0.2) is 4.98 Å². The van der Waals surface area contributed by atoms with Crippen LogP contribution in [0.1, 0.15) is 0 Å². The highest BCUT2D eigenvalue weighted by molar-refractivity contribution is 7.25. The third kappa shape index (κ3) is 3.47. The summed E-state index contributed by atoms with van der Waals surface area (Å²) in [5.41, 5.74) is 8.14. The van der Waals surface area contributed by atoms with Crippen LogP contribution in [-0.4, -0.2) is 23.5 Å². The lowest BCUT2D eigenvalue weighted by Gasteiger charge is -2.13. The van der Waals surface area contributed by atoms with Crippen LogP contribution in [0.4, 0.5) is 0 Å². The van der Waals surface area contributed by atoms with Gasteiger partial charge in [0.25, 0.3) is 0 Å². The van der Waals surface area contributed by atoms with Crippen LogP contribution in [0.15, 0.2) is 164 Å². The second-order valence-corrected chi connectivity index (χ2v) is 16.0. The van der Waals surface area contributed by atoms with E-state index in [9.17, 15) is 0 Å². The topological polar surface area (TPSA) is 40.0 Å². The Kier molecular flexibility index (Phi) is 5.34. The maximum Gasteiger partial charge on any atom is 0.238 e. The summed E-state index contributed by atoms with van der Waals surface area (Å²) in [5.74, 6) is 1.56. The van der Waals surface area contributed by atoms with E-state index in [1.165, 1.54) is 80.5 Å². The molecule has 0 aliphatic rings. The first-order chi connectivity index (χ1) is 27.8. The van der Waals surface area contributed by atoms with E-state index in [4.69, 9.17) is 9.97 Å². The molecule has 0 saturated heterocycles. The van der Waals surface area contributed by atoms with Gasteiger partial charge in [0.1, 0.15) is 4.83 Å². The number of thiophene rings is 1. The predicted molar refractivity (Wildman–Crippen MR) is 236 cm³/mol. The van der Waals surface area contributed by atoms with E-state index in [-0.39, 0.29) is 0 Å². The van der Waals surface area contributed by atoms with Crippen LogP contribution in [-0.2, 0) is 0 Å². The number of hydrogen-bond donors (Lipinski definition) is 0. The van der Waals surface area contributed by atoms with E-state index in [1.54, 1.807) is 11.3 Å². The Labute approximate surface area is 321 Å². The van der Waals surface area contributed by atoms with Crippen molar-refractivity contribution >= 4 is 124 Å². The Balaban J connectivity index is 1.25. The van der Waals surface area contributed by atoms with E-state index < -0.39 is 0 Å². The summed E-state index contributed by atoms with van der Waals surface area (Å²) < 4.78 is 8.40. The second kappa shape index (κ2) is 10.3. The molecular formula is C50H27N5S. The van der Waals surface area contributed by atoms with E-state index in [2.05, 4.69) is 177 Å². The number of rotatable bonds is 2. The number of nitrogens with zero attached hydrogens (tertiary/aromatic N) is 5. The average molecular weight is 730 g/mol. The van der Waals surface area contributed by atoms with Gasteiger partial charge in [0.15, 0.2) is 5.82 Å². The lowest BCUT2D eigenvalue weighted by Crippen LogP contribution is -2.06. The Bertz CT molecular complexity index is 3960. The molecule has 14 aromatic rings. The number of aromatic nitrogens is 5. The van der Waals surface area contributed by atoms with Gasteiger partial charge in [0.2, 0.25) is 5.95 Å². The van der Waals surface area contributed by atoms with Crippen molar-refractivity contribution in [3.8, 4) is 11.8 Å². The van der Waals surface area contributed by atoms with Gasteiger partial charge in [-0.15, -0.1) is 11.3 Å². The van der Waals surface area contributed by atoms with Crippen LogP contribution in [0.3, 0.4) is 0 Å². The maximum absolute atomic E-state index is 5.77. The largest absolute Gasteiger partial charge is 0.308 e. The molecule has 8 aromatic carbocycles. The zero-order valence-corrected chi connectivity index (χ0v) is 30.5. The van der Waals surface area contributed by atoms with Gasteiger partial charge in [-0.1, -0.05) is 121 Å². The average Bonchev–Trinajstić information content (AvgIpc) is 4.05. The molecule has 6 aromatic heterocycles. The van der Waals surface area contributed by atoms with Crippen LogP contribution < -0.4 is 0 Å². The van der Waals surface area contributed by atoms with Crippen LogP contribution in [0, 0.1) is 0 Å². The molecule has 0 aliphatic carbocycles. The first-order valence-electron chi connectivity index (χ1n) is 19.0. The first kappa shape index (κ1) is 29.1. The minimum absolute atomic E-state index is 0.666. The molecule has 0 atom stereocenters. The van der Waals surface area contributed by atoms with E-state index >= 15 is 0 Å². The van der Waals surface area contributed by atoms with Gasteiger partial charge in [0, 0.05) is 53.2 Å². The lowest BCUT2D eigenvalue weighted by molar-refractivity contribution is 0.979. The Morgan fingerprint density at radius 2 is 0.964 bits per heavy atom. The van der Waals surface area contributed by atoms with Crippen molar-refractivity contribution in [1.29, 1.82) is 0 Å². The molecule has 0 aliphatic heterocycles. The summed E-state index contributed by atoms with van der Waals surface area (Å²) in [5, 5.41) is 14.5. The Morgan fingerprint density at radius 3 is 1.71 bits per heavy atom. The fraction of sp³-hybridized carbons (Fsp3) is 0. The summed E-state index contributed by atoms with van der Waals surface area (Å²) in [6.45, 7) is 0. The minimum atomic E-state index is 0.666. The molecule has 0 unspecified atom stereocenters. The van der Waals surface area contributed by atoms with Crippen LogP contribution >= 0.6 is 11.3 Å². The summed E-state index contributed by atoms with van der Waals surface area (Å²) >= 11 is 1.74. The molecule has 0 radical (unpaired) electrons. The summed E-state index contributed by atoms with van der Waals surface area (Å²) in [4.78, 5) is 12.3. The van der Waals surface area contributed by atoms with E-state index in [0.717, 1.165) is 38.1 Å². The molecule has 14 rings (SSSR count). The molecule has 6 heteroatoms. The molecule has 0 spiro atoms. The lowest BCUT2D eigenvalue weighted by atomic mass is 10.0. The van der Waals surface area contributed by atoms with Crippen molar-refractivity contribution in [2.45, 2.75) is 0 Å². The van der Waals surface area contributed by atoms with Crippen molar-refractivity contribution in [3.63, 3.8) is 0 Å². The molecule has 56 heavy (non-hydrogen) atoms. The molecule has 0 fully saturated rings. The quantitative estimate of drug-likeness (QED) is 0.178. The second-order valence-electron chi connectivity index (χ2n) is 14.9. The van der Waals surface area contributed by atoms with Gasteiger partial charge >= 0.3 is 0 Å². The van der Waals surface area contributed by atoms with Crippen molar-refractivity contribution in [2.24, 2.45) is 0 Å². The minimum Gasteiger partial charge on any atom is -0.308 e. The smallest absolute Gasteiger partial charge is 0.238 e. The van der Waals surface area contributed by atoms with Crippen LogP contribution in [0.25, 0.3) is 125 Å². The molecule has 258 valence electrons. The fourth-order valence-corrected chi connectivity index (χ4v) is 11.1. The van der Waals surface area contributed by atoms with Crippen molar-refractivity contribution < 1.29 is 0 Å². The van der Waals surface area contributed by atoms with Crippen molar-refractivity contribution in [1.82, 2.24) is 23.5 Å². The highest BCUT2D eigenvalue weighted by Gasteiger charge is 2.27.